The van der Waals surface area contributed by atoms with Crippen molar-refractivity contribution in [1.82, 2.24) is 23.2 Å². The first-order chi connectivity index (χ1) is 8.85. The van der Waals surface area contributed by atoms with Gasteiger partial charge in [0.1, 0.15) is 12.9 Å². The topological polar surface area (TPSA) is 56.1 Å². The molecule has 0 unspecified atom stereocenters. The molecule has 0 saturated heterocycles. The van der Waals surface area contributed by atoms with Crippen molar-refractivity contribution in [3.05, 3.63) is 18.7 Å². The van der Waals surface area contributed by atoms with E-state index in [1.54, 1.807) is 17.1 Å². The minimum atomic E-state index is 0.574. The number of hydrogen-bond donors (Lipinski definition) is 0. The molecule has 6 nitrogen and oxygen atoms in total. The van der Waals surface area contributed by atoms with Crippen LogP contribution in [0.4, 0.5) is 0 Å². The molecule has 7 heteroatoms. The molecule has 0 N–H and O–H groups in total. The summed E-state index contributed by atoms with van der Waals surface area (Å²) < 4.78 is 15.9. The molecule has 2 aromatic rings. The summed E-state index contributed by atoms with van der Waals surface area (Å²) in [5, 5.41) is 0. The van der Waals surface area contributed by atoms with Gasteiger partial charge in [-0.25, -0.2) is 4.98 Å². The van der Waals surface area contributed by atoms with Crippen LogP contribution in [0.2, 0.25) is 0 Å². The van der Waals surface area contributed by atoms with Gasteiger partial charge < -0.3 is 9.64 Å². The fourth-order valence-electron chi connectivity index (χ4n) is 1.62. The maximum Gasteiger partial charge on any atom is 0.271 e. The van der Waals surface area contributed by atoms with Crippen molar-refractivity contribution in [3.63, 3.8) is 0 Å². The Kier molecular flexibility index (Phi) is 4.66. The average Bonchev–Trinajstić information content (AvgIpc) is 3.04. The summed E-state index contributed by atoms with van der Waals surface area (Å²) in [5.41, 5.74) is 0. The van der Waals surface area contributed by atoms with Crippen molar-refractivity contribution in [1.29, 1.82) is 0 Å². The molecule has 0 aliphatic heterocycles. The third kappa shape index (κ3) is 3.05. The van der Waals surface area contributed by atoms with E-state index in [4.69, 9.17) is 4.74 Å². The Bertz CT molecular complexity index is 452. The van der Waals surface area contributed by atoms with Crippen molar-refractivity contribution < 1.29 is 4.74 Å². The third-order valence-corrected chi connectivity index (χ3v) is 3.23. The fourth-order valence-corrected chi connectivity index (χ4v) is 2.12. The van der Waals surface area contributed by atoms with E-state index in [0.717, 1.165) is 31.4 Å². The lowest BCUT2D eigenvalue weighted by Gasteiger charge is -2.17. The van der Waals surface area contributed by atoms with E-state index < -0.39 is 0 Å². The molecule has 0 radical (unpaired) electrons. The predicted molar refractivity (Wildman–Crippen MR) is 70.3 cm³/mol. The molecule has 0 aromatic carbocycles. The summed E-state index contributed by atoms with van der Waals surface area (Å²) in [6.45, 7) is 7.87. The quantitative estimate of drug-likeness (QED) is 0.760. The third-order valence-electron chi connectivity index (χ3n) is 2.73. The zero-order valence-corrected chi connectivity index (χ0v) is 11.4. The molecule has 0 aliphatic carbocycles. The van der Waals surface area contributed by atoms with Gasteiger partial charge >= 0.3 is 0 Å². The van der Waals surface area contributed by atoms with E-state index in [1.807, 2.05) is 6.20 Å². The summed E-state index contributed by atoms with van der Waals surface area (Å²) >= 11 is 1.15. The number of likely N-dealkylation sites (N-methyl/N-ethyl adjacent to an activating group) is 1. The number of nitrogens with zero attached hydrogens (tertiary/aromatic N) is 5. The van der Waals surface area contributed by atoms with E-state index in [0.29, 0.717) is 18.3 Å². The van der Waals surface area contributed by atoms with E-state index in [2.05, 4.69) is 32.5 Å². The largest absolute Gasteiger partial charge is 0.473 e. The molecule has 0 spiro atoms. The van der Waals surface area contributed by atoms with Gasteiger partial charge in [-0.2, -0.15) is 4.37 Å². The summed E-state index contributed by atoms with van der Waals surface area (Å²) in [6.07, 6.45) is 5.22. The number of hydrogen-bond acceptors (Lipinski definition) is 6. The zero-order valence-electron chi connectivity index (χ0n) is 10.6. The van der Waals surface area contributed by atoms with Gasteiger partial charge in [0.2, 0.25) is 5.82 Å². The smallest absolute Gasteiger partial charge is 0.271 e. The second-order valence-corrected chi connectivity index (χ2v) is 4.27. The van der Waals surface area contributed by atoms with Crippen LogP contribution in [-0.4, -0.2) is 49.4 Å². The molecular weight excluding hydrogens is 250 g/mol. The van der Waals surface area contributed by atoms with Crippen LogP contribution in [0.15, 0.2) is 18.7 Å². The molecule has 0 aliphatic rings. The van der Waals surface area contributed by atoms with Crippen LogP contribution in [0.25, 0.3) is 5.82 Å². The summed E-state index contributed by atoms with van der Waals surface area (Å²) in [5.74, 6) is 1.28. The number of aromatic nitrogens is 4. The maximum atomic E-state index is 5.68. The zero-order chi connectivity index (χ0) is 12.8. The predicted octanol–water partition coefficient (Wildman–Crippen LogP) is 1.44. The monoisotopic (exact) mass is 267 g/mol. The van der Waals surface area contributed by atoms with Gasteiger partial charge in [-0.15, -0.1) is 4.37 Å². The Hall–Kier alpha value is -1.47. The van der Waals surface area contributed by atoms with Crippen LogP contribution in [0, 0.1) is 0 Å². The first-order valence-corrected chi connectivity index (χ1v) is 6.74. The number of imidazole rings is 1. The van der Waals surface area contributed by atoms with E-state index in [-0.39, 0.29) is 0 Å². The van der Waals surface area contributed by atoms with Crippen LogP contribution >= 0.6 is 11.7 Å². The van der Waals surface area contributed by atoms with Crippen LogP contribution in [0.3, 0.4) is 0 Å². The lowest BCUT2D eigenvalue weighted by atomic mass is 10.5. The Morgan fingerprint density at radius 2 is 2.17 bits per heavy atom. The minimum Gasteiger partial charge on any atom is -0.473 e. The fraction of sp³-hybridized carbons (Fsp3) is 0.545. The van der Waals surface area contributed by atoms with Crippen LogP contribution in [0.1, 0.15) is 13.8 Å². The van der Waals surface area contributed by atoms with Gasteiger partial charge in [0.05, 0.1) is 11.7 Å². The van der Waals surface area contributed by atoms with Crippen LogP contribution < -0.4 is 4.74 Å². The van der Waals surface area contributed by atoms with Crippen molar-refractivity contribution in [2.45, 2.75) is 13.8 Å². The molecule has 0 amide bonds. The number of ether oxygens (including phenoxy) is 1. The average molecular weight is 267 g/mol. The molecule has 0 saturated carbocycles. The molecule has 2 aromatic heterocycles. The van der Waals surface area contributed by atoms with Crippen molar-refractivity contribution in [3.8, 4) is 11.7 Å². The highest BCUT2D eigenvalue weighted by Crippen LogP contribution is 2.19. The van der Waals surface area contributed by atoms with Gasteiger partial charge in [-0.1, -0.05) is 13.8 Å². The summed E-state index contributed by atoms with van der Waals surface area (Å²) in [7, 11) is 0. The maximum absolute atomic E-state index is 5.68. The van der Waals surface area contributed by atoms with Gasteiger partial charge in [0, 0.05) is 18.9 Å². The Morgan fingerprint density at radius 1 is 1.33 bits per heavy atom. The summed E-state index contributed by atoms with van der Waals surface area (Å²) in [4.78, 5) is 6.29. The van der Waals surface area contributed by atoms with Crippen LogP contribution in [0.5, 0.6) is 5.88 Å². The highest BCUT2D eigenvalue weighted by molar-refractivity contribution is 6.99. The minimum absolute atomic E-state index is 0.574. The van der Waals surface area contributed by atoms with Gasteiger partial charge in [0.25, 0.3) is 5.88 Å². The van der Waals surface area contributed by atoms with Crippen molar-refractivity contribution in [2.75, 3.05) is 26.2 Å². The highest BCUT2D eigenvalue weighted by atomic mass is 32.1. The van der Waals surface area contributed by atoms with Crippen molar-refractivity contribution in [2.24, 2.45) is 0 Å². The Balaban J connectivity index is 1.93. The molecule has 2 heterocycles. The van der Waals surface area contributed by atoms with Crippen molar-refractivity contribution >= 4 is 11.7 Å². The highest BCUT2D eigenvalue weighted by Gasteiger charge is 2.11. The summed E-state index contributed by atoms with van der Waals surface area (Å²) in [6, 6.07) is 0. The number of rotatable bonds is 7. The Labute approximate surface area is 111 Å². The molecular formula is C11H17N5OS. The standard InChI is InChI=1S/C11H17N5OS/c1-3-15(4-2)7-8-17-11-10(13-18-14-11)16-6-5-12-9-16/h5-6,9H,3-4,7-8H2,1-2H3. The first kappa shape index (κ1) is 13.0. The molecule has 0 fully saturated rings. The van der Waals surface area contributed by atoms with E-state index >= 15 is 0 Å². The SMILES string of the molecule is CCN(CC)CCOc1nsnc1-n1ccnc1. The van der Waals surface area contributed by atoms with Gasteiger partial charge in [-0.3, -0.25) is 4.57 Å². The second kappa shape index (κ2) is 6.46. The molecule has 98 valence electrons. The van der Waals surface area contributed by atoms with E-state index in [1.165, 1.54) is 0 Å². The Morgan fingerprint density at radius 3 is 2.83 bits per heavy atom. The second-order valence-electron chi connectivity index (χ2n) is 3.74. The normalized spacial score (nSPS) is 11.1. The van der Waals surface area contributed by atoms with Gasteiger partial charge in [0.15, 0.2) is 0 Å². The molecule has 0 bridgehead atoms. The molecule has 18 heavy (non-hydrogen) atoms. The first-order valence-electron chi connectivity index (χ1n) is 6.01. The lowest BCUT2D eigenvalue weighted by molar-refractivity contribution is 0.218. The van der Waals surface area contributed by atoms with E-state index in [9.17, 15) is 0 Å². The lowest BCUT2D eigenvalue weighted by Crippen LogP contribution is -2.28. The molecule has 2 rings (SSSR count). The molecule has 0 atom stereocenters. The van der Waals surface area contributed by atoms with Crippen LogP contribution in [-0.2, 0) is 0 Å². The van der Waals surface area contributed by atoms with Gasteiger partial charge in [-0.05, 0) is 13.1 Å².